The topological polar surface area (TPSA) is 34.1 Å². The van der Waals surface area contributed by atoms with Crippen LogP contribution in [0.3, 0.4) is 0 Å². The molecule has 0 saturated heterocycles. The van der Waals surface area contributed by atoms with Crippen LogP contribution in [0.5, 0.6) is 5.75 Å². The van der Waals surface area contributed by atoms with Gasteiger partial charge >= 0.3 is 0 Å². The van der Waals surface area contributed by atoms with E-state index in [9.17, 15) is 0 Å². The second-order valence-electron chi connectivity index (χ2n) is 6.48. The molecule has 1 aromatic heterocycles. The first-order valence-corrected chi connectivity index (χ1v) is 8.65. The second kappa shape index (κ2) is 6.80. The Labute approximate surface area is 137 Å². The van der Waals surface area contributed by atoms with Crippen LogP contribution in [-0.4, -0.2) is 18.6 Å². The highest BCUT2D eigenvalue weighted by atomic mass is 32.1. The zero-order chi connectivity index (χ0) is 16.3. The molecular formula is C18H26N2OS. The summed E-state index contributed by atoms with van der Waals surface area (Å²) in [5.74, 6) is 0.907. The van der Waals surface area contributed by atoms with Gasteiger partial charge in [-0.1, -0.05) is 26.8 Å². The molecule has 1 unspecified atom stereocenters. The van der Waals surface area contributed by atoms with Gasteiger partial charge in [-0.15, -0.1) is 11.3 Å². The standard InChI is InChI=1S/C18H26N2OS/c1-7-21-16-9-8-13(18(3,4)5)10-14(16)15-11-22-17(20-15)12(2)19-6/h8-12,19H,7H2,1-6H3. The number of nitrogens with one attached hydrogen (secondary N) is 1. The fraction of sp³-hybridized carbons (Fsp3) is 0.500. The highest BCUT2D eigenvalue weighted by molar-refractivity contribution is 7.10. The summed E-state index contributed by atoms with van der Waals surface area (Å²) < 4.78 is 5.80. The fourth-order valence-electron chi connectivity index (χ4n) is 2.21. The van der Waals surface area contributed by atoms with Crippen LogP contribution < -0.4 is 10.1 Å². The van der Waals surface area contributed by atoms with E-state index in [0.29, 0.717) is 6.61 Å². The van der Waals surface area contributed by atoms with Crippen LogP contribution in [0, 0.1) is 0 Å². The maximum atomic E-state index is 5.80. The molecule has 0 radical (unpaired) electrons. The molecule has 0 spiro atoms. The summed E-state index contributed by atoms with van der Waals surface area (Å²) in [5, 5.41) is 6.45. The van der Waals surface area contributed by atoms with E-state index in [1.165, 1.54) is 5.56 Å². The lowest BCUT2D eigenvalue weighted by molar-refractivity contribution is 0.341. The summed E-state index contributed by atoms with van der Waals surface area (Å²) in [7, 11) is 1.96. The summed E-state index contributed by atoms with van der Waals surface area (Å²) in [6.45, 7) is 11.5. The number of aromatic nitrogens is 1. The van der Waals surface area contributed by atoms with E-state index < -0.39 is 0 Å². The zero-order valence-electron chi connectivity index (χ0n) is 14.4. The molecule has 120 valence electrons. The Balaban J connectivity index is 2.48. The predicted molar refractivity (Wildman–Crippen MR) is 94.9 cm³/mol. The van der Waals surface area contributed by atoms with E-state index in [0.717, 1.165) is 22.0 Å². The van der Waals surface area contributed by atoms with Crippen LogP contribution in [0.25, 0.3) is 11.3 Å². The Hall–Kier alpha value is -1.39. The Bertz CT molecular complexity index is 628. The van der Waals surface area contributed by atoms with Gasteiger partial charge in [0.2, 0.25) is 0 Å². The van der Waals surface area contributed by atoms with Crippen molar-refractivity contribution in [3.63, 3.8) is 0 Å². The fourth-order valence-corrected chi connectivity index (χ4v) is 3.10. The van der Waals surface area contributed by atoms with Crippen LogP contribution in [0.1, 0.15) is 51.2 Å². The van der Waals surface area contributed by atoms with Gasteiger partial charge in [0.05, 0.1) is 18.3 Å². The smallest absolute Gasteiger partial charge is 0.128 e. The number of nitrogens with zero attached hydrogens (tertiary/aromatic N) is 1. The lowest BCUT2D eigenvalue weighted by Gasteiger charge is -2.21. The summed E-state index contributed by atoms with van der Waals surface area (Å²) in [4.78, 5) is 4.79. The molecule has 0 aliphatic carbocycles. The lowest BCUT2D eigenvalue weighted by atomic mass is 9.86. The van der Waals surface area contributed by atoms with Crippen LogP contribution >= 0.6 is 11.3 Å². The molecule has 2 rings (SSSR count). The number of ether oxygens (including phenoxy) is 1. The normalized spacial score (nSPS) is 13.2. The van der Waals surface area contributed by atoms with Gasteiger partial charge in [0, 0.05) is 10.9 Å². The van der Waals surface area contributed by atoms with Crippen molar-refractivity contribution in [1.82, 2.24) is 10.3 Å². The molecule has 0 amide bonds. The van der Waals surface area contributed by atoms with Crippen molar-refractivity contribution in [2.45, 2.75) is 46.1 Å². The van der Waals surface area contributed by atoms with Gasteiger partial charge in [-0.25, -0.2) is 4.98 Å². The minimum Gasteiger partial charge on any atom is -0.493 e. The first-order chi connectivity index (χ1) is 10.4. The molecule has 1 N–H and O–H groups in total. The molecule has 22 heavy (non-hydrogen) atoms. The molecule has 4 heteroatoms. The van der Waals surface area contributed by atoms with Crippen LogP contribution in [-0.2, 0) is 5.41 Å². The van der Waals surface area contributed by atoms with Gasteiger partial charge in [-0.3, -0.25) is 0 Å². The number of thiazole rings is 1. The number of hydrogen-bond donors (Lipinski definition) is 1. The number of rotatable bonds is 5. The highest BCUT2D eigenvalue weighted by Gasteiger charge is 2.19. The largest absolute Gasteiger partial charge is 0.493 e. The van der Waals surface area contributed by atoms with Gasteiger partial charge in [0.25, 0.3) is 0 Å². The average molecular weight is 318 g/mol. The van der Waals surface area contributed by atoms with Crippen molar-refractivity contribution in [2.24, 2.45) is 0 Å². The van der Waals surface area contributed by atoms with Crippen LogP contribution in [0.15, 0.2) is 23.6 Å². The minimum absolute atomic E-state index is 0.108. The number of benzene rings is 1. The van der Waals surface area contributed by atoms with Crippen LogP contribution in [0.2, 0.25) is 0 Å². The zero-order valence-corrected chi connectivity index (χ0v) is 15.2. The molecule has 1 atom stereocenters. The summed E-state index contributed by atoms with van der Waals surface area (Å²) in [6.07, 6.45) is 0. The first-order valence-electron chi connectivity index (χ1n) is 7.77. The van der Waals surface area contributed by atoms with Crippen LogP contribution in [0.4, 0.5) is 0 Å². The van der Waals surface area contributed by atoms with E-state index in [1.54, 1.807) is 11.3 Å². The molecule has 0 bridgehead atoms. The lowest BCUT2D eigenvalue weighted by Crippen LogP contribution is -2.12. The molecule has 2 aromatic rings. The Morgan fingerprint density at radius 2 is 2.05 bits per heavy atom. The van der Waals surface area contributed by atoms with Crippen molar-refractivity contribution in [2.75, 3.05) is 13.7 Å². The predicted octanol–water partition coefficient (Wildman–Crippen LogP) is 4.79. The van der Waals surface area contributed by atoms with Crippen molar-refractivity contribution in [1.29, 1.82) is 0 Å². The molecule has 0 saturated carbocycles. The maximum absolute atomic E-state index is 5.80. The molecule has 1 aromatic carbocycles. The van der Waals surface area contributed by atoms with E-state index in [-0.39, 0.29) is 11.5 Å². The van der Waals surface area contributed by atoms with Crippen molar-refractivity contribution >= 4 is 11.3 Å². The minimum atomic E-state index is 0.108. The molecule has 0 fully saturated rings. The molecular weight excluding hydrogens is 292 g/mol. The summed E-state index contributed by atoms with van der Waals surface area (Å²) in [5.41, 5.74) is 3.48. The van der Waals surface area contributed by atoms with Gasteiger partial charge in [0.15, 0.2) is 0 Å². The Morgan fingerprint density at radius 3 is 2.64 bits per heavy atom. The van der Waals surface area contributed by atoms with E-state index in [4.69, 9.17) is 9.72 Å². The second-order valence-corrected chi connectivity index (χ2v) is 7.36. The Kier molecular flexibility index (Phi) is 5.24. The van der Waals surface area contributed by atoms with Crippen molar-refractivity contribution in [3.8, 4) is 17.0 Å². The van der Waals surface area contributed by atoms with Crippen molar-refractivity contribution in [3.05, 3.63) is 34.2 Å². The van der Waals surface area contributed by atoms with E-state index in [2.05, 4.69) is 56.6 Å². The van der Waals surface area contributed by atoms with E-state index >= 15 is 0 Å². The maximum Gasteiger partial charge on any atom is 0.128 e. The molecule has 0 aliphatic heterocycles. The third-order valence-corrected chi connectivity index (χ3v) is 4.77. The van der Waals surface area contributed by atoms with Gasteiger partial charge in [-0.05, 0) is 44.0 Å². The summed E-state index contributed by atoms with van der Waals surface area (Å²) >= 11 is 1.69. The molecule has 1 heterocycles. The third kappa shape index (κ3) is 3.68. The average Bonchev–Trinajstić information content (AvgIpc) is 2.95. The molecule has 0 aliphatic rings. The number of hydrogen-bond acceptors (Lipinski definition) is 4. The Morgan fingerprint density at radius 1 is 1.32 bits per heavy atom. The van der Waals surface area contributed by atoms with Crippen molar-refractivity contribution < 1.29 is 4.74 Å². The monoisotopic (exact) mass is 318 g/mol. The first kappa shape index (κ1) is 17.0. The third-order valence-electron chi connectivity index (χ3n) is 3.75. The van der Waals surface area contributed by atoms with Gasteiger partial charge in [0.1, 0.15) is 10.8 Å². The van der Waals surface area contributed by atoms with Gasteiger partial charge < -0.3 is 10.1 Å². The summed E-state index contributed by atoms with van der Waals surface area (Å²) in [6, 6.07) is 6.70. The molecule has 3 nitrogen and oxygen atoms in total. The highest BCUT2D eigenvalue weighted by Crippen LogP contribution is 2.36. The van der Waals surface area contributed by atoms with E-state index in [1.807, 2.05) is 14.0 Å². The quantitative estimate of drug-likeness (QED) is 0.861. The van der Waals surface area contributed by atoms with Gasteiger partial charge in [-0.2, -0.15) is 0 Å². The SMILES string of the molecule is CCOc1ccc(C(C)(C)C)cc1-c1csc(C(C)NC)n1.